The molecule has 5 nitrogen and oxygen atoms in total. The summed E-state index contributed by atoms with van der Waals surface area (Å²) in [6, 6.07) is 5.20. The zero-order valence-electron chi connectivity index (χ0n) is 8.40. The number of benzene rings is 1. The SMILES string of the molecule is Cn1c(Sc2ccc(N)cc2Cl)n[nH]c1=O. The van der Waals surface area contributed by atoms with Crippen LogP contribution in [0.3, 0.4) is 0 Å². The van der Waals surface area contributed by atoms with Crippen molar-refractivity contribution in [2.75, 3.05) is 5.73 Å². The first kappa shape index (κ1) is 11.1. The van der Waals surface area contributed by atoms with Crippen LogP contribution in [0, 0.1) is 0 Å². The lowest BCUT2D eigenvalue weighted by molar-refractivity contribution is 0.766. The number of nitrogens with zero attached hydrogens (tertiary/aromatic N) is 2. The molecule has 0 atom stereocenters. The molecular weight excluding hydrogens is 248 g/mol. The van der Waals surface area contributed by atoms with Gasteiger partial charge in [-0.15, -0.1) is 5.10 Å². The Morgan fingerprint density at radius 1 is 1.56 bits per heavy atom. The van der Waals surface area contributed by atoms with Gasteiger partial charge in [0, 0.05) is 17.6 Å². The van der Waals surface area contributed by atoms with Crippen LogP contribution in [0.1, 0.15) is 0 Å². The average Bonchev–Trinajstić information content (AvgIpc) is 2.54. The van der Waals surface area contributed by atoms with Gasteiger partial charge in [-0.25, -0.2) is 9.89 Å². The van der Waals surface area contributed by atoms with Gasteiger partial charge in [0.15, 0.2) is 5.16 Å². The van der Waals surface area contributed by atoms with Gasteiger partial charge < -0.3 is 5.73 Å². The number of aromatic nitrogens is 3. The molecule has 0 bridgehead atoms. The second-order valence-electron chi connectivity index (χ2n) is 3.16. The second kappa shape index (κ2) is 4.23. The molecule has 0 radical (unpaired) electrons. The Kier molecular flexibility index (Phi) is 2.93. The molecule has 1 heterocycles. The summed E-state index contributed by atoms with van der Waals surface area (Å²) in [6.07, 6.45) is 0. The molecule has 84 valence electrons. The summed E-state index contributed by atoms with van der Waals surface area (Å²) in [5, 5.41) is 7.32. The Bertz CT molecular complexity index is 577. The molecule has 0 aliphatic heterocycles. The Morgan fingerprint density at radius 2 is 2.31 bits per heavy atom. The van der Waals surface area contributed by atoms with E-state index in [1.807, 2.05) is 0 Å². The van der Waals surface area contributed by atoms with Gasteiger partial charge in [-0.3, -0.25) is 4.57 Å². The molecule has 2 aromatic rings. The summed E-state index contributed by atoms with van der Waals surface area (Å²) in [5.41, 5.74) is 5.93. The number of nitrogen functional groups attached to an aromatic ring is 1. The van der Waals surface area contributed by atoms with E-state index in [2.05, 4.69) is 10.2 Å². The van der Waals surface area contributed by atoms with Crippen LogP contribution in [-0.2, 0) is 7.05 Å². The molecule has 16 heavy (non-hydrogen) atoms. The molecule has 1 aromatic heterocycles. The predicted octanol–water partition coefficient (Wildman–Crippen LogP) is 1.50. The molecule has 0 unspecified atom stereocenters. The number of anilines is 1. The van der Waals surface area contributed by atoms with Crippen LogP contribution in [0.5, 0.6) is 0 Å². The van der Waals surface area contributed by atoms with Crippen molar-refractivity contribution in [2.45, 2.75) is 10.1 Å². The first-order valence-electron chi connectivity index (χ1n) is 4.42. The zero-order chi connectivity index (χ0) is 11.7. The van der Waals surface area contributed by atoms with Crippen LogP contribution in [0.25, 0.3) is 0 Å². The standard InChI is InChI=1S/C9H9ClN4OS/c1-14-8(15)12-13-9(14)16-7-3-2-5(11)4-6(7)10/h2-4H,11H2,1H3,(H,12,15). The molecule has 0 aliphatic carbocycles. The molecule has 0 aliphatic rings. The minimum absolute atomic E-state index is 0.255. The highest BCUT2D eigenvalue weighted by atomic mass is 35.5. The molecule has 0 amide bonds. The molecule has 0 saturated heterocycles. The number of aromatic amines is 1. The monoisotopic (exact) mass is 256 g/mol. The van der Waals surface area contributed by atoms with Gasteiger partial charge in [0.1, 0.15) is 0 Å². The van der Waals surface area contributed by atoms with E-state index < -0.39 is 0 Å². The molecule has 0 saturated carbocycles. The van der Waals surface area contributed by atoms with Crippen LogP contribution >= 0.6 is 23.4 Å². The quantitative estimate of drug-likeness (QED) is 0.799. The topological polar surface area (TPSA) is 76.7 Å². The number of nitrogens with one attached hydrogen (secondary N) is 1. The second-order valence-corrected chi connectivity index (χ2v) is 4.58. The normalized spacial score (nSPS) is 10.6. The highest BCUT2D eigenvalue weighted by Crippen LogP contribution is 2.32. The van der Waals surface area contributed by atoms with Crippen molar-refractivity contribution in [2.24, 2.45) is 7.05 Å². The smallest absolute Gasteiger partial charge is 0.343 e. The summed E-state index contributed by atoms with van der Waals surface area (Å²) in [5.74, 6) is 0. The van der Waals surface area contributed by atoms with Crippen LogP contribution in [0.2, 0.25) is 5.02 Å². The lowest BCUT2D eigenvalue weighted by atomic mass is 10.3. The Hall–Kier alpha value is -1.40. The molecule has 2 rings (SSSR count). The summed E-state index contributed by atoms with van der Waals surface area (Å²) >= 11 is 7.32. The van der Waals surface area contributed by atoms with Gasteiger partial charge in [0.05, 0.1) is 5.02 Å². The van der Waals surface area contributed by atoms with Crippen molar-refractivity contribution in [1.29, 1.82) is 0 Å². The van der Waals surface area contributed by atoms with Gasteiger partial charge in [-0.05, 0) is 30.0 Å². The Morgan fingerprint density at radius 3 is 2.88 bits per heavy atom. The minimum atomic E-state index is -0.255. The molecule has 0 spiro atoms. The highest BCUT2D eigenvalue weighted by Gasteiger charge is 2.09. The van der Waals surface area contributed by atoms with Crippen molar-refractivity contribution in [3.05, 3.63) is 33.7 Å². The van der Waals surface area contributed by atoms with Crippen LogP contribution in [0.4, 0.5) is 5.69 Å². The van der Waals surface area contributed by atoms with E-state index in [0.29, 0.717) is 15.9 Å². The van der Waals surface area contributed by atoms with Crippen molar-refractivity contribution < 1.29 is 0 Å². The van der Waals surface area contributed by atoms with Gasteiger partial charge in [-0.1, -0.05) is 11.6 Å². The summed E-state index contributed by atoms with van der Waals surface area (Å²) in [7, 11) is 1.64. The van der Waals surface area contributed by atoms with Crippen LogP contribution in [-0.4, -0.2) is 14.8 Å². The number of hydrogen-bond donors (Lipinski definition) is 2. The third kappa shape index (κ3) is 2.07. The van der Waals surface area contributed by atoms with E-state index >= 15 is 0 Å². The van der Waals surface area contributed by atoms with Crippen molar-refractivity contribution in [3.63, 3.8) is 0 Å². The number of halogens is 1. The van der Waals surface area contributed by atoms with Gasteiger partial charge in [0.2, 0.25) is 0 Å². The lowest BCUT2D eigenvalue weighted by Crippen LogP contribution is -2.12. The largest absolute Gasteiger partial charge is 0.399 e. The van der Waals surface area contributed by atoms with Crippen molar-refractivity contribution >= 4 is 29.1 Å². The zero-order valence-corrected chi connectivity index (χ0v) is 9.97. The molecule has 1 aromatic carbocycles. The third-order valence-electron chi connectivity index (χ3n) is 2.00. The van der Waals surface area contributed by atoms with Crippen LogP contribution in [0.15, 0.2) is 33.0 Å². The Balaban J connectivity index is 2.34. The number of hydrogen-bond acceptors (Lipinski definition) is 4. The maximum absolute atomic E-state index is 11.1. The lowest BCUT2D eigenvalue weighted by Gasteiger charge is -2.03. The fourth-order valence-electron chi connectivity index (χ4n) is 1.12. The van der Waals surface area contributed by atoms with Gasteiger partial charge in [-0.2, -0.15) is 0 Å². The molecule has 0 fully saturated rings. The minimum Gasteiger partial charge on any atom is -0.399 e. The van der Waals surface area contributed by atoms with Crippen LogP contribution < -0.4 is 11.4 Å². The van der Waals surface area contributed by atoms with E-state index in [9.17, 15) is 4.79 Å². The first-order chi connectivity index (χ1) is 7.58. The maximum atomic E-state index is 11.1. The molecule has 3 N–H and O–H groups in total. The fourth-order valence-corrected chi connectivity index (χ4v) is 2.23. The summed E-state index contributed by atoms with van der Waals surface area (Å²) in [6.45, 7) is 0. The molecule has 7 heteroatoms. The van der Waals surface area contributed by atoms with Gasteiger partial charge >= 0.3 is 5.69 Å². The fraction of sp³-hybridized carbons (Fsp3) is 0.111. The highest BCUT2D eigenvalue weighted by molar-refractivity contribution is 7.99. The first-order valence-corrected chi connectivity index (χ1v) is 5.61. The van der Waals surface area contributed by atoms with E-state index in [1.54, 1.807) is 25.2 Å². The number of nitrogens with two attached hydrogens (primary N) is 1. The van der Waals surface area contributed by atoms with Crippen molar-refractivity contribution in [3.8, 4) is 0 Å². The third-order valence-corrected chi connectivity index (χ3v) is 3.54. The summed E-state index contributed by atoms with van der Waals surface area (Å²) in [4.78, 5) is 12.0. The van der Waals surface area contributed by atoms with E-state index in [-0.39, 0.29) is 5.69 Å². The maximum Gasteiger partial charge on any atom is 0.343 e. The van der Waals surface area contributed by atoms with E-state index in [1.165, 1.54) is 16.3 Å². The van der Waals surface area contributed by atoms with Crippen molar-refractivity contribution in [1.82, 2.24) is 14.8 Å². The number of H-pyrrole nitrogens is 1. The molecular formula is C9H9ClN4OS. The van der Waals surface area contributed by atoms with E-state index in [4.69, 9.17) is 17.3 Å². The summed E-state index contributed by atoms with van der Waals surface area (Å²) < 4.78 is 1.41. The number of rotatable bonds is 2. The average molecular weight is 257 g/mol. The predicted molar refractivity (Wildman–Crippen MR) is 63.8 cm³/mol. The van der Waals surface area contributed by atoms with E-state index in [0.717, 1.165) is 4.90 Å². The van der Waals surface area contributed by atoms with Gasteiger partial charge in [0.25, 0.3) is 0 Å². The Labute approximate surface area is 101 Å².